The molecule has 0 aliphatic heterocycles. The highest BCUT2D eigenvalue weighted by atomic mass is 127. The Labute approximate surface area is 146 Å². The molecule has 0 aliphatic rings. The quantitative estimate of drug-likeness (QED) is 0.637. The van der Waals surface area contributed by atoms with E-state index in [1.165, 1.54) is 0 Å². The molecule has 3 aromatic rings. The molecule has 3 rings (SSSR count). The van der Waals surface area contributed by atoms with Crippen molar-refractivity contribution in [1.29, 1.82) is 0 Å². The molecule has 0 radical (unpaired) electrons. The first-order chi connectivity index (χ1) is 10.7. The predicted molar refractivity (Wildman–Crippen MR) is 97.0 cm³/mol. The van der Waals surface area contributed by atoms with Crippen LogP contribution in [0.2, 0.25) is 0 Å². The average Bonchev–Trinajstić information content (AvgIpc) is 3.18. The zero-order valence-corrected chi connectivity index (χ0v) is 14.7. The Morgan fingerprint density at radius 3 is 3.00 bits per heavy atom. The minimum atomic E-state index is -0.0521. The van der Waals surface area contributed by atoms with Crippen molar-refractivity contribution in [2.45, 2.75) is 6.54 Å². The van der Waals surface area contributed by atoms with Crippen molar-refractivity contribution in [1.82, 2.24) is 15.1 Å². The zero-order chi connectivity index (χ0) is 15.4. The van der Waals surface area contributed by atoms with Crippen LogP contribution in [0, 0.1) is 3.57 Å². The number of nitrogens with one attached hydrogen (secondary N) is 1. The van der Waals surface area contributed by atoms with E-state index in [4.69, 9.17) is 0 Å². The number of amides is 1. The third-order valence-electron chi connectivity index (χ3n) is 3.17. The van der Waals surface area contributed by atoms with Gasteiger partial charge in [-0.3, -0.25) is 9.48 Å². The molecule has 4 nitrogen and oxygen atoms in total. The number of thiophene rings is 1. The summed E-state index contributed by atoms with van der Waals surface area (Å²) in [6.45, 7) is 1.20. The van der Waals surface area contributed by atoms with Gasteiger partial charge in [0, 0.05) is 32.8 Å². The summed E-state index contributed by atoms with van der Waals surface area (Å²) in [7, 11) is 0. The second-order valence-corrected chi connectivity index (χ2v) is 6.77. The lowest BCUT2D eigenvalue weighted by atomic mass is 10.2. The molecule has 2 heterocycles. The maximum atomic E-state index is 12.0. The Hall–Kier alpha value is -1.67. The van der Waals surface area contributed by atoms with Gasteiger partial charge in [0.15, 0.2) is 0 Å². The summed E-state index contributed by atoms with van der Waals surface area (Å²) < 4.78 is 2.90. The summed E-state index contributed by atoms with van der Waals surface area (Å²) in [6, 6.07) is 11.6. The molecule has 22 heavy (non-hydrogen) atoms. The van der Waals surface area contributed by atoms with Crippen molar-refractivity contribution >= 4 is 39.8 Å². The molecule has 0 saturated heterocycles. The van der Waals surface area contributed by atoms with Crippen molar-refractivity contribution < 1.29 is 4.79 Å². The predicted octanol–water partition coefficient (Wildman–Crippen LogP) is 3.65. The van der Waals surface area contributed by atoms with Gasteiger partial charge in [-0.15, -0.1) is 0 Å². The molecule has 0 atom stereocenters. The van der Waals surface area contributed by atoms with Crippen LogP contribution in [-0.4, -0.2) is 22.2 Å². The fourth-order valence-electron chi connectivity index (χ4n) is 2.07. The molecule has 2 aromatic heterocycles. The maximum Gasteiger partial charge on any atom is 0.251 e. The first-order valence-corrected chi connectivity index (χ1v) is 8.84. The van der Waals surface area contributed by atoms with E-state index >= 15 is 0 Å². The summed E-state index contributed by atoms with van der Waals surface area (Å²) in [5.74, 6) is -0.0521. The molecule has 0 saturated carbocycles. The fourth-order valence-corrected chi connectivity index (χ4v) is 3.26. The monoisotopic (exact) mass is 423 g/mol. The van der Waals surface area contributed by atoms with Crippen molar-refractivity contribution in [3.05, 3.63) is 62.5 Å². The molecule has 6 heteroatoms. The molecule has 1 aromatic carbocycles. The van der Waals surface area contributed by atoms with Crippen molar-refractivity contribution in [3.63, 3.8) is 0 Å². The fraction of sp³-hybridized carbons (Fsp3) is 0.125. The van der Waals surface area contributed by atoms with Crippen LogP contribution in [0.4, 0.5) is 0 Å². The van der Waals surface area contributed by atoms with Gasteiger partial charge in [-0.25, -0.2) is 0 Å². The van der Waals surface area contributed by atoms with E-state index in [0.29, 0.717) is 18.7 Å². The van der Waals surface area contributed by atoms with Gasteiger partial charge in [0.25, 0.3) is 5.91 Å². The van der Waals surface area contributed by atoms with Crippen molar-refractivity contribution in [2.75, 3.05) is 6.54 Å². The highest BCUT2D eigenvalue weighted by Crippen LogP contribution is 2.19. The molecular weight excluding hydrogens is 409 g/mol. The number of hydrogen-bond donors (Lipinski definition) is 1. The molecule has 0 spiro atoms. The highest BCUT2D eigenvalue weighted by molar-refractivity contribution is 14.1. The van der Waals surface area contributed by atoms with E-state index in [1.807, 2.05) is 46.6 Å². The Kier molecular flexibility index (Phi) is 4.89. The number of nitrogens with zero attached hydrogens (tertiary/aromatic N) is 2. The number of halogens is 1. The van der Waals surface area contributed by atoms with E-state index < -0.39 is 0 Å². The Bertz CT molecular complexity index is 767. The Morgan fingerprint density at radius 1 is 1.32 bits per heavy atom. The Morgan fingerprint density at radius 2 is 2.23 bits per heavy atom. The lowest BCUT2D eigenvalue weighted by Crippen LogP contribution is -2.27. The van der Waals surface area contributed by atoms with Crippen LogP contribution in [0.25, 0.3) is 11.3 Å². The van der Waals surface area contributed by atoms with Gasteiger partial charge in [0.05, 0.1) is 12.2 Å². The zero-order valence-electron chi connectivity index (χ0n) is 11.7. The third-order valence-corrected chi connectivity index (χ3v) is 4.53. The molecule has 112 valence electrons. The van der Waals surface area contributed by atoms with Crippen LogP contribution in [0.1, 0.15) is 10.4 Å². The average molecular weight is 423 g/mol. The van der Waals surface area contributed by atoms with Gasteiger partial charge < -0.3 is 5.32 Å². The maximum absolute atomic E-state index is 12.0. The number of benzene rings is 1. The summed E-state index contributed by atoms with van der Waals surface area (Å²) in [4.78, 5) is 12.0. The van der Waals surface area contributed by atoms with Gasteiger partial charge in [0.1, 0.15) is 0 Å². The van der Waals surface area contributed by atoms with Gasteiger partial charge in [-0.1, -0.05) is 6.07 Å². The van der Waals surface area contributed by atoms with E-state index in [0.717, 1.165) is 14.8 Å². The van der Waals surface area contributed by atoms with Crippen molar-refractivity contribution in [3.8, 4) is 11.3 Å². The molecule has 0 unspecified atom stereocenters. The largest absolute Gasteiger partial charge is 0.350 e. The van der Waals surface area contributed by atoms with E-state index in [1.54, 1.807) is 11.3 Å². The van der Waals surface area contributed by atoms with Gasteiger partial charge in [0.2, 0.25) is 0 Å². The summed E-state index contributed by atoms with van der Waals surface area (Å²) in [5.41, 5.74) is 2.78. The van der Waals surface area contributed by atoms with Crippen LogP contribution < -0.4 is 5.32 Å². The second kappa shape index (κ2) is 7.06. The minimum absolute atomic E-state index is 0.0521. The van der Waals surface area contributed by atoms with Crippen LogP contribution in [0.3, 0.4) is 0 Å². The second-order valence-electron chi connectivity index (χ2n) is 4.74. The van der Waals surface area contributed by atoms with E-state index in [-0.39, 0.29) is 5.91 Å². The van der Waals surface area contributed by atoms with E-state index in [9.17, 15) is 4.79 Å². The van der Waals surface area contributed by atoms with Crippen molar-refractivity contribution in [2.24, 2.45) is 0 Å². The number of carbonyl (C=O) groups is 1. The van der Waals surface area contributed by atoms with E-state index in [2.05, 4.69) is 44.5 Å². The van der Waals surface area contributed by atoms with Crippen LogP contribution >= 0.6 is 33.9 Å². The smallest absolute Gasteiger partial charge is 0.251 e. The molecule has 1 N–H and O–H groups in total. The van der Waals surface area contributed by atoms with Gasteiger partial charge >= 0.3 is 0 Å². The lowest BCUT2D eigenvalue weighted by Gasteiger charge is -2.06. The number of aromatic nitrogens is 2. The summed E-state index contributed by atoms with van der Waals surface area (Å²) in [6.07, 6.45) is 1.94. The SMILES string of the molecule is O=C(NCCn1ccc(-c2ccsc2)n1)c1cccc(I)c1. The molecular formula is C16H14IN3OS. The number of carbonyl (C=O) groups excluding carboxylic acids is 1. The number of hydrogen-bond acceptors (Lipinski definition) is 3. The molecule has 0 bridgehead atoms. The lowest BCUT2D eigenvalue weighted by molar-refractivity contribution is 0.0952. The minimum Gasteiger partial charge on any atom is -0.350 e. The first kappa shape index (κ1) is 15.2. The number of rotatable bonds is 5. The molecule has 1 amide bonds. The first-order valence-electron chi connectivity index (χ1n) is 6.82. The summed E-state index contributed by atoms with van der Waals surface area (Å²) >= 11 is 3.86. The summed E-state index contributed by atoms with van der Waals surface area (Å²) in [5, 5.41) is 11.5. The van der Waals surface area contributed by atoms with Gasteiger partial charge in [-0.2, -0.15) is 16.4 Å². The molecule has 0 fully saturated rings. The van der Waals surface area contributed by atoms with Crippen LogP contribution in [0.15, 0.2) is 53.4 Å². The topological polar surface area (TPSA) is 46.9 Å². The Balaban J connectivity index is 1.54. The van der Waals surface area contributed by atoms with Gasteiger partial charge in [-0.05, 0) is 58.3 Å². The third kappa shape index (κ3) is 3.75. The highest BCUT2D eigenvalue weighted by Gasteiger charge is 2.06. The normalized spacial score (nSPS) is 10.6. The molecule has 0 aliphatic carbocycles. The standard InChI is InChI=1S/C16H14IN3OS/c17-14-3-1-2-12(10-14)16(21)18-6-8-20-7-4-15(19-20)13-5-9-22-11-13/h1-5,7,9-11H,6,8H2,(H,18,21). The van der Waals surface area contributed by atoms with Crippen LogP contribution in [-0.2, 0) is 6.54 Å². The van der Waals surface area contributed by atoms with Crippen LogP contribution in [0.5, 0.6) is 0 Å².